The van der Waals surface area contributed by atoms with E-state index in [0.717, 1.165) is 5.56 Å². The van der Waals surface area contributed by atoms with Gasteiger partial charge in [-0.1, -0.05) is 24.3 Å². The molecule has 0 aliphatic rings. The molecule has 0 radical (unpaired) electrons. The molecular formula is C16H22O3. The first-order chi connectivity index (χ1) is 8.78. The van der Waals surface area contributed by atoms with Gasteiger partial charge in [-0.25, -0.2) is 4.79 Å². The molecule has 0 bridgehead atoms. The highest BCUT2D eigenvalue weighted by atomic mass is 16.7. The maximum atomic E-state index is 11.3. The molecule has 3 nitrogen and oxygen atoms in total. The van der Waals surface area contributed by atoms with E-state index in [9.17, 15) is 4.79 Å². The van der Waals surface area contributed by atoms with Crippen LogP contribution < -0.4 is 0 Å². The van der Waals surface area contributed by atoms with E-state index in [0.29, 0.717) is 0 Å². The third-order valence-electron chi connectivity index (χ3n) is 2.53. The summed E-state index contributed by atoms with van der Waals surface area (Å²) < 4.78 is 9.98. The SMILES string of the molecule is Cc1ccc(/C=C/COC(=O)OC(C)(C)C)cc1C. The zero-order valence-corrected chi connectivity index (χ0v) is 12.3. The van der Waals surface area contributed by atoms with Gasteiger partial charge in [-0.15, -0.1) is 0 Å². The third-order valence-corrected chi connectivity index (χ3v) is 2.53. The number of aryl methyl sites for hydroxylation is 2. The molecule has 0 aliphatic carbocycles. The molecule has 0 unspecified atom stereocenters. The average Bonchev–Trinajstić information content (AvgIpc) is 2.27. The topological polar surface area (TPSA) is 35.5 Å². The Morgan fingerprint density at radius 1 is 1.21 bits per heavy atom. The number of hydrogen-bond acceptors (Lipinski definition) is 3. The van der Waals surface area contributed by atoms with Crippen molar-refractivity contribution >= 4 is 12.2 Å². The molecule has 19 heavy (non-hydrogen) atoms. The van der Waals surface area contributed by atoms with Crippen molar-refractivity contribution in [3.63, 3.8) is 0 Å². The molecule has 0 saturated carbocycles. The van der Waals surface area contributed by atoms with Crippen molar-refractivity contribution in [2.45, 2.75) is 40.2 Å². The van der Waals surface area contributed by atoms with Crippen LogP contribution in [0, 0.1) is 13.8 Å². The van der Waals surface area contributed by atoms with Gasteiger partial charge in [-0.3, -0.25) is 0 Å². The van der Waals surface area contributed by atoms with Crippen LogP contribution in [0.3, 0.4) is 0 Å². The Labute approximate surface area is 115 Å². The van der Waals surface area contributed by atoms with Gasteiger partial charge in [0, 0.05) is 0 Å². The van der Waals surface area contributed by atoms with Crippen molar-refractivity contribution < 1.29 is 14.3 Å². The van der Waals surface area contributed by atoms with Crippen LogP contribution in [-0.4, -0.2) is 18.4 Å². The molecule has 0 saturated heterocycles. The van der Waals surface area contributed by atoms with E-state index in [1.54, 1.807) is 26.8 Å². The van der Waals surface area contributed by atoms with Crippen LogP contribution in [0.1, 0.15) is 37.5 Å². The molecule has 0 amide bonds. The third kappa shape index (κ3) is 6.09. The first kappa shape index (κ1) is 15.3. The molecule has 3 heteroatoms. The van der Waals surface area contributed by atoms with Gasteiger partial charge in [0.15, 0.2) is 0 Å². The number of carbonyl (C=O) groups is 1. The Balaban J connectivity index is 2.42. The summed E-state index contributed by atoms with van der Waals surface area (Å²) in [5, 5.41) is 0. The van der Waals surface area contributed by atoms with Crippen molar-refractivity contribution in [2.75, 3.05) is 6.61 Å². The fourth-order valence-electron chi connectivity index (χ4n) is 1.45. The first-order valence-electron chi connectivity index (χ1n) is 6.37. The Bertz CT molecular complexity index is 467. The maximum Gasteiger partial charge on any atom is 0.509 e. The molecule has 0 spiro atoms. The lowest BCUT2D eigenvalue weighted by Gasteiger charge is -2.18. The van der Waals surface area contributed by atoms with E-state index in [2.05, 4.69) is 26.0 Å². The number of carbonyl (C=O) groups excluding carboxylic acids is 1. The smallest absolute Gasteiger partial charge is 0.430 e. The van der Waals surface area contributed by atoms with Gasteiger partial charge in [-0.2, -0.15) is 0 Å². The highest BCUT2D eigenvalue weighted by molar-refractivity contribution is 5.61. The fraction of sp³-hybridized carbons (Fsp3) is 0.438. The number of rotatable bonds is 3. The summed E-state index contributed by atoms with van der Waals surface area (Å²) in [5.41, 5.74) is 3.09. The quantitative estimate of drug-likeness (QED) is 0.763. The van der Waals surface area contributed by atoms with Crippen molar-refractivity contribution in [2.24, 2.45) is 0 Å². The standard InChI is InChI=1S/C16H22O3/c1-12-8-9-14(11-13(12)2)7-6-10-18-15(17)19-16(3,4)5/h6-9,11H,10H2,1-5H3/b7-6+. The lowest BCUT2D eigenvalue weighted by molar-refractivity contribution is -0.00234. The van der Waals surface area contributed by atoms with Gasteiger partial charge in [0.25, 0.3) is 0 Å². The second-order valence-electron chi connectivity index (χ2n) is 5.52. The van der Waals surface area contributed by atoms with E-state index < -0.39 is 11.8 Å². The van der Waals surface area contributed by atoms with E-state index in [1.807, 2.05) is 12.1 Å². The molecule has 0 heterocycles. The molecule has 0 fully saturated rings. The zero-order valence-electron chi connectivity index (χ0n) is 12.3. The average molecular weight is 262 g/mol. The second kappa shape index (κ2) is 6.41. The van der Waals surface area contributed by atoms with Gasteiger partial charge in [0.05, 0.1) is 0 Å². The molecule has 1 aromatic rings. The minimum Gasteiger partial charge on any atom is -0.430 e. The highest BCUT2D eigenvalue weighted by Gasteiger charge is 2.16. The molecule has 0 aliphatic heterocycles. The molecule has 0 atom stereocenters. The first-order valence-corrected chi connectivity index (χ1v) is 6.37. The summed E-state index contributed by atoms with van der Waals surface area (Å²) in [6.07, 6.45) is 3.09. The van der Waals surface area contributed by atoms with Crippen molar-refractivity contribution in [3.05, 3.63) is 41.0 Å². The Morgan fingerprint density at radius 2 is 1.89 bits per heavy atom. The molecule has 0 aromatic heterocycles. The summed E-state index contributed by atoms with van der Waals surface area (Å²) in [7, 11) is 0. The van der Waals surface area contributed by atoms with E-state index in [1.165, 1.54) is 11.1 Å². The monoisotopic (exact) mass is 262 g/mol. The minimum atomic E-state index is -0.641. The summed E-state index contributed by atoms with van der Waals surface area (Å²) >= 11 is 0. The van der Waals surface area contributed by atoms with Crippen LogP contribution in [-0.2, 0) is 9.47 Å². The number of benzene rings is 1. The Hall–Kier alpha value is -1.77. The molecular weight excluding hydrogens is 240 g/mol. The van der Waals surface area contributed by atoms with Crippen LogP contribution in [0.4, 0.5) is 4.79 Å². The largest absolute Gasteiger partial charge is 0.509 e. The van der Waals surface area contributed by atoms with E-state index in [4.69, 9.17) is 9.47 Å². The van der Waals surface area contributed by atoms with Gasteiger partial charge in [-0.05, 0) is 57.4 Å². The Morgan fingerprint density at radius 3 is 2.47 bits per heavy atom. The highest BCUT2D eigenvalue weighted by Crippen LogP contribution is 2.11. The Kier molecular flexibility index (Phi) is 5.16. The molecule has 1 aromatic carbocycles. The normalized spacial score (nSPS) is 11.6. The second-order valence-corrected chi connectivity index (χ2v) is 5.52. The maximum absolute atomic E-state index is 11.3. The number of hydrogen-bond donors (Lipinski definition) is 0. The van der Waals surface area contributed by atoms with Gasteiger partial charge in [0.2, 0.25) is 0 Å². The summed E-state index contributed by atoms with van der Waals surface area (Å²) in [5.74, 6) is 0. The van der Waals surface area contributed by atoms with Crippen molar-refractivity contribution in [1.82, 2.24) is 0 Å². The molecule has 1 rings (SSSR count). The zero-order chi connectivity index (χ0) is 14.5. The van der Waals surface area contributed by atoms with Crippen LogP contribution in [0.15, 0.2) is 24.3 Å². The summed E-state index contributed by atoms with van der Waals surface area (Å²) in [6.45, 7) is 9.78. The molecule has 104 valence electrons. The van der Waals surface area contributed by atoms with Crippen LogP contribution in [0.2, 0.25) is 0 Å². The predicted molar refractivity (Wildman–Crippen MR) is 77.1 cm³/mol. The lowest BCUT2D eigenvalue weighted by Crippen LogP contribution is -2.24. The summed E-state index contributed by atoms with van der Waals surface area (Å²) in [6, 6.07) is 6.20. The minimum absolute atomic E-state index is 0.210. The van der Waals surface area contributed by atoms with E-state index in [-0.39, 0.29) is 6.61 Å². The van der Waals surface area contributed by atoms with Crippen LogP contribution in [0.25, 0.3) is 6.08 Å². The summed E-state index contributed by atoms with van der Waals surface area (Å²) in [4.78, 5) is 11.3. The van der Waals surface area contributed by atoms with Crippen LogP contribution >= 0.6 is 0 Å². The van der Waals surface area contributed by atoms with Crippen molar-refractivity contribution in [3.8, 4) is 0 Å². The van der Waals surface area contributed by atoms with E-state index >= 15 is 0 Å². The van der Waals surface area contributed by atoms with Gasteiger partial charge in [0.1, 0.15) is 12.2 Å². The van der Waals surface area contributed by atoms with Crippen molar-refractivity contribution in [1.29, 1.82) is 0 Å². The number of ether oxygens (including phenoxy) is 2. The molecule has 0 N–H and O–H groups in total. The van der Waals surface area contributed by atoms with Gasteiger partial charge < -0.3 is 9.47 Å². The van der Waals surface area contributed by atoms with Crippen LogP contribution in [0.5, 0.6) is 0 Å². The lowest BCUT2D eigenvalue weighted by atomic mass is 10.1. The predicted octanol–water partition coefficient (Wildman–Crippen LogP) is 4.27. The van der Waals surface area contributed by atoms with Gasteiger partial charge >= 0.3 is 6.16 Å². The fourth-order valence-corrected chi connectivity index (χ4v) is 1.45.